The Morgan fingerprint density at radius 2 is 1.68 bits per heavy atom. The molecule has 9 heteroatoms. The number of carbonyl (C=O) groups excluding carboxylic acids is 1. The second-order valence-corrected chi connectivity index (χ2v) is 8.32. The largest absolute Gasteiger partial charge is 0.497 e. The number of methoxy groups -OCH3 is 1. The van der Waals surface area contributed by atoms with Gasteiger partial charge in [-0.1, -0.05) is 11.6 Å². The van der Waals surface area contributed by atoms with Gasteiger partial charge in [-0.3, -0.25) is 9.10 Å². The summed E-state index contributed by atoms with van der Waals surface area (Å²) in [5.74, 6) is 0.789. The fourth-order valence-corrected chi connectivity index (χ4v) is 3.86. The van der Waals surface area contributed by atoms with Crippen LogP contribution in [0, 0.1) is 0 Å². The summed E-state index contributed by atoms with van der Waals surface area (Å²) in [5, 5.41) is 3.29. The number of halogens is 1. The molecule has 2 rings (SSSR count). The van der Waals surface area contributed by atoms with Crippen molar-refractivity contribution in [1.82, 2.24) is 5.32 Å². The van der Waals surface area contributed by atoms with E-state index >= 15 is 0 Å². The molecule has 0 radical (unpaired) electrons. The van der Waals surface area contributed by atoms with E-state index in [1.54, 1.807) is 48.5 Å². The minimum absolute atomic E-state index is 0.228. The number of rotatable bonds is 9. The number of nitrogens with one attached hydrogen (secondary N) is 1. The Morgan fingerprint density at radius 1 is 1.11 bits per heavy atom. The van der Waals surface area contributed by atoms with Crippen LogP contribution in [0.3, 0.4) is 0 Å². The zero-order chi connectivity index (χ0) is 20.7. The molecular weight excluding hydrogens is 404 g/mol. The minimum atomic E-state index is -3.67. The fraction of sp³-hybridized carbons (Fsp3) is 0.316. The Morgan fingerprint density at radius 3 is 2.21 bits per heavy atom. The summed E-state index contributed by atoms with van der Waals surface area (Å²) in [5.41, 5.74) is 0.378. The van der Waals surface area contributed by atoms with E-state index in [0.717, 1.165) is 10.6 Å². The molecule has 0 bridgehead atoms. The van der Waals surface area contributed by atoms with E-state index in [9.17, 15) is 13.2 Å². The molecule has 1 atom stereocenters. The third-order valence-corrected chi connectivity index (χ3v) is 5.39. The van der Waals surface area contributed by atoms with Gasteiger partial charge in [0.05, 0.1) is 25.6 Å². The highest BCUT2D eigenvalue weighted by molar-refractivity contribution is 7.92. The molecule has 0 aromatic heterocycles. The van der Waals surface area contributed by atoms with Crippen LogP contribution in [-0.4, -0.2) is 46.9 Å². The number of benzene rings is 2. The van der Waals surface area contributed by atoms with E-state index in [2.05, 4.69) is 5.32 Å². The van der Waals surface area contributed by atoms with E-state index in [4.69, 9.17) is 21.1 Å². The minimum Gasteiger partial charge on any atom is -0.497 e. The van der Waals surface area contributed by atoms with Gasteiger partial charge in [0.2, 0.25) is 15.9 Å². The number of anilines is 1. The molecule has 0 aliphatic carbocycles. The molecule has 152 valence electrons. The van der Waals surface area contributed by atoms with Crippen molar-refractivity contribution >= 4 is 33.2 Å². The molecule has 0 heterocycles. The highest BCUT2D eigenvalue weighted by atomic mass is 35.5. The van der Waals surface area contributed by atoms with Crippen LogP contribution in [0.15, 0.2) is 48.5 Å². The van der Waals surface area contributed by atoms with Crippen molar-refractivity contribution in [3.63, 3.8) is 0 Å². The monoisotopic (exact) mass is 426 g/mol. The predicted molar refractivity (Wildman–Crippen MR) is 110 cm³/mol. The number of hydrogen-bond acceptors (Lipinski definition) is 5. The van der Waals surface area contributed by atoms with Crippen LogP contribution in [0.5, 0.6) is 11.5 Å². The highest BCUT2D eigenvalue weighted by Gasteiger charge is 2.28. The number of hydrogen-bond donors (Lipinski definition) is 1. The van der Waals surface area contributed by atoms with Crippen LogP contribution >= 0.6 is 11.6 Å². The molecular formula is C19H23ClN2O5S. The molecule has 0 saturated carbocycles. The predicted octanol–water partition coefficient (Wildman–Crippen LogP) is 2.70. The average molecular weight is 427 g/mol. The molecule has 0 aliphatic heterocycles. The van der Waals surface area contributed by atoms with Gasteiger partial charge < -0.3 is 14.8 Å². The van der Waals surface area contributed by atoms with Gasteiger partial charge in [0.1, 0.15) is 24.1 Å². The van der Waals surface area contributed by atoms with E-state index in [-0.39, 0.29) is 13.2 Å². The number of sulfonamides is 1. The normalized spacial score (nSPS) is 12.1. The summed E-state index contributed by atoms with van der Waals surface area (Å²) in [6.07, 6.45) is 1.06. The quantitative estimate of drug-likeness (QED) is 0.623. The maximum absolute atomic E-state index is 12.5. The Hall–Kier alpha value is -2.45. The van der Waals surface area contributed by atoms with Crippen LogP contribution in [0.25, 0.3) is 0 Å². The van der Waals surface area contributed by atoms with Crippen molar-refractivity contribution in [3.8, 4) is 11.5 Å². The molecule has 0 aliphatic rings. The lowest BCUT2D eigenvalue weighted by molar-refractivity contribution is -0.121. The van der Waals surface area contributed by atoms with Crippen molar-refractivity contribution in [2.24, 2.45) is 0 Å². The molecule has 0 fully saturated rings. The number of ether oxygens (including phenoxy) is 2. The van der Waals surface area contributed by atoms with Gasteiger partial charge in [0.25, 0.3) is 0 Å². The third-order valence-electron chi connectivity index (χ3n) is 3.90. The fourth-order valence-electron chi connectivity index (χ4n) is 2.56. The molecule has 7 nitrogen and oxygen atoms in total. The average Bonchev–Trinajstić information content (AvgIpc) is 2.66. The molecule has 2 aromatic carbocycles. The first-order valence-corrected chi connectivity index (χ1v) is 10.7. The van der Waals surface area contributed by atoms with Gasteiger partial charge in [-0.05, 0) is 55.5 Å². The first-order chi connectivity index (χ1) is 13.2. The summed E-state index contributed by atoms with van der Waals surface area (Å²) < 4.78 is 36.2. The molecule has 2 aromatic rings. The molecule has 1 N–H and O–H groups in total. The first-order valence-electron chi connectivity index (χ1n) is 8.52. The topological polar surface area (TPSA) is 84.9 Å². The zero-order valence-electron chi connectivity index (χ0n) is 15.9. The first kappa shape index (κ1) is 21.8. The molecule has 28 heavy (non-hydrogen) atoms. The van der Waals surface area contributed by atoms with Crippen LogP contribution in [-0.2, 0) is 14.8 Å². The molecule has 0 unspecified atom stereocenters. The number of amides is 1. The Kier molecular flexibility index (Phi) is 7.53. The van der Waals surface area contributed by atoms with Crippen LogP contribution < -0.4 is 19.1 Å². The van der Waals surface area contributed by atoms with Crippen LogP contribution in [0.4, 0.5) is 5.69 Å². The number of carbonyl (C=O) groups is 1. The maximum Gasteiger partial charge on any atom is 0.243 e. The molecule has 0 spiro atoms. The van der Waals surface area contributed by atoms with Crippen molar-refractivity contribution in [1.29, 1.82) is 0 Å². The second kappa shape index (κ2) is 9.66. The summed E-state index contributed by atoms with van der Waals surface area (Å²) in [4.78, 5) is 12.5. The maximum atomic E-state index is 12.5. The highest BCUT2D eigenvalue weighted by Crippen LogP contribution is 2.23. The molecule has 1 amide bonds. The van der Waals surface area contributed by atoms with E-state index in [1.807, 2.05) is 0 Å². The van der Waals surface area contributed by atoms with Crippen molar-refractivity contribution in [2.75, 3.05) is 30.8 Å². The standard InChI is InChI=1S/C19H23ClN2O5S/c1-14(19(23)21-12-13-27-18-8-4-15(20)5-9-18)22(28(3,24)25)16-6-10-17(26-2)11-7-16/h4-11,14H,12-13H2,1-3H3,(H,21,23)/t14-/m1/s1. The summed E-state index contributed by atoms with van der Waals surface area (Å²) in [7, 11) is -2.15. The van der Waals surface area contributed by atoms with Gasteiger partial charge in [-0.2, -0.15) is 0 Å². The van der Waals surface area contributed by atoms with Gasteiger partial charge in [-0.15, -0.1) is 0 Å². The zero-order valence-corrected chi connectivity index (χ0v) is 17.5. The van der Waals surface area contributed by atoms with Crippen molar-refractivity contribution in [3.05, 3.63) is 53.6 Å². The SMILES string of the molecule is COc1ccc(N([C@H](C)C(=O)NCCOc2ccc(Cl)cc2)S(C)(=O)=O)cc1. The van der Waals surface area contributed by atoms with Crippen molar-refractivity contribution < 1.29 is 22.7 Å². The van der Waals surface area contributed by atoms with E-state index in [0.29, 0.717) is 22.2 Å². The summed E-state index contributed by atoms with van der Waals surface area (Å²) >= 11 is 5.81. The number of nitrogens with zero attached hydrogens (tertiary/aromatic N) is 1. The lowest BCUT2D eigenvalue weighted by Crippen LogP contribution is -2.48. The lowest BCUT2D eigenvalue weighted by atomic mass is 10.2. The summed E-state index contributed by atoms with van der Waals surface area (Å²) in [6, 6.07) is 12.4. The van der Waals surface area contributed by atoms with Gasteiger partial charge >= 0.3 is 0 Å². The second-order valence-electron chi connectivity index (χ2n) is 6.03. The van der Waals surface area contributed by atoms with Crippen LogP contribution in [0.2, 0.25) is 5.02 Å². The third kappa shape index (κ3) is 6.03. The Bertz CT molecular complexity index is 886. The molecule has 0 saturated heterocycles. The van der Waals surface area contributed by atoms with Crippen LogP contribution in [0.1, 0.15) is 6.92 Å². The van der Waals surface area contributed by atoms with Gasteiger partial charge in [-0.25, -0.2) is 8.42 Å². The Labute approximate surface area is 170 Å². The lowest BCUT2D eigenvalue weighted by Gasteiger charge is -2.28. The van der Waals surface area contributed by atoms with E-state index in [1.165, 1.54) is 14.0 Å². The van der Waals surface area contributed by atoms with E-state index < -0.39 is 22.0 Å². The smallest absolute Gasteiger partial charge is 0.243 e. The van der Waals surface area contributed by atoms with Gasteiger partial charge in [0, 0.05) is 5.02 Å². The summed E-state index contributed by atoms with van der Waals surface area (Å²) in [6.45, 7) is 1.99. The van der Waals surface area contributed by atoms with Crippen molar-refractivity contribution in [2.45, 2.75) is 13.0 Å². The Balaban J connectivity index is 1.97. The van der Waals surface area contributed by atoms with Gasteiger partial charge in [0.15, 0.2) is 0 Å².